The molecule has 8 nitrogen and oxygen atoms in total. The van der Waals surface area contributed by atoms with E-state index in [0.717, 1.165) is 24.7 Å². The first-order chi connectivity index (χ1) is 19.6. The van der Waals surface area contributed by atoms with Crippen LogP contribution in [0.1, 0.15) is 77.0 Å². The maximum Gasteiger partial charge on any atom is 0.254 e. The van der Waals surface area contributed by atoms with Gasteiger partial charge in [0.1, 0.15) is 11.6 Å². The summed E-state index contributed by atoms with van der Waals surface area (Å²) in [5.41, 5.74) is 3.29. The van der Waals surface area contributed by atoms with E-state index >= 15 is 0 Å². The third kappa shape index (κ3) is 7.47. The van der Waals surface area contributed by atoms with Gasteiger partial charge in [0.15, 0.2) is 0 Å². The van der Waals surface area contributed by atoms with Crippen molar-refractivity contribution in [3.05, 3.63) is 93.7 Å². The zero-order chi connectivity index (χ0) is 27.7. The lowest BCUT2D eigenvalue weighted by atomic mass is 9.89. The Morgan fingerprint density at radius 2 is 1.65 bits per heavy atom. The lowest BCUT2D eigenvalue weighted by Crippen LogP contribution is -2.42. The number of aromatic nitrogens is 4. The van der Waals surface area contributed by atoms with Crippen LogP contribution in [-0.2, 0) is 26.2 Å². The van der Waals surface area contributed by atoms with Gasteiger partial charge in [0.05, 0.1) is 13.1 Å². The molecule has 0 unspecified atom stereocenters. The molecule has 3 heterocycles. The highest BCUT2D eigenvalue weighted by molar-refractivity contribution is 7.10. The fraction of sp³-hybridized carbons (Fsp3) is 0.452. The molecule has 9 heteroatoms. The Kier molecular flexibility index (Phi) is 9.81. The van der Waals surface area contributed by atoms with Crippen molar-refractivity contribution in [2.75, 3.05) is 6.54 Å². The lowest BCUT2D eigenvalue weighted by Gasteiger charge is -2.37. The second-order valence-electron chi connectivity index (χ2n) is 10.8. The molecule has 0 spiro atoms. The van der Waals surface area contributed by atoms with Crippen LogP contribution in [0.5, 0.6) is 0 Å². The molecule has 1 saturated carbocycles. The van der Waals surface area contributed by atoms with Crippen molar-refractivity contribution in [2.45, 2.75) is 84.2 Å². The molecule has 3 aromatic heterocycles. The van der Waals surface area contributed by atoms with E-state index < -0.39 is 0 Å². The minimum absolute atomic E-state index is 0.0417. The summed E-state index contributed by atoms with van der Waals surface area (Å²) in [5, 5.41) is 6.00. The smallest absolute Gasteiger partial charge is 0.254 e. The van der Waals surface area contributed by atoms with Crippen molar-refractivity contribution in [1.82, 2.24) is 35.1 Å². The molecule has 0 atom stereocenters. The zero-order valence-electron chi connectivity index (χ0n) is 23.6. The quantitative estimate of drug-likeness (QED) is 0.197. The van der Waals surface area contributed by atoms with Gasteiger partial charge >= 0.3 is 0 Å². The van der Waals surface area contributed by atoms with Crippen molar-refractivity contribution in [1.29, 1.82) is 0 Å². The third-order valence-electron chi connectivity index (χ3n) is 7.91. The van der Waals surface area contributed by atoms with Crippen LogP contribution in [0.2, 0.25) is 0 Å². The Bertz CT molecular complexity index is 1260. The van der Waals surface area contributed by atoms with E-state index in [1.54, 1.807) is 29.7 Å². The Morgan fingerprint density at radius 3 is 2.20 bits per heavy atom. The van der Waals surface area contributed by atoms with Gasteiger partial charge in [-0.15, -0.1) is 11.3 Å². The van der Waals surface area contributed by atoms with Gasteiger partial charge in [0.25, 0.3) is 5.91 Å². The van der Waals surface area contributed by atoms with E-state index in [1.165, 1.54) is 54.7 Å². The number of nitrogens with zero attached hydrogens (tertiary/aromatic N) is 4. The van der Waals surface area contributed by atoms with Crippen LogP contribution < -0.4 is 5.32 Å². The number of H-pyrrole nitrogens is 2. The first-order valence-electron chi connectivity index (χ1n) is 14.4. The van der Waals surface area contributed by atoms with Crippen molar-refractivity contribution in [2.24, 2.45) is 0 Å². The maximum absolute atomic E-state index is 13.4. The molecule has 3 N–H and O–H groups in total. The van der Waals surface area contributed by atoms with E-state index in [1.807, 2.05) is 23.5 Å². The maximum atomic E-state index is 13.4. The number of carbonyl (C=O) groups is 1. The normalized spacial score (nSPS) is 17.4. The Balaban J connectivity index is 1.12. The molecule has 5 rings (SSSR count). The largest absolute Gasteiger partial charge is 0.347 e. The Labute approximate surface area is 241 Å². The number of carbonyl (C=O) groups excluding carboxylic acids is 1. The van der Waals surface area contributed by atoms with Crippen molar-refractivity contribution < 1.29 is 4.79 Å². The zero-order valence-corrected chi connectivity index (χ0v) is 24.4. The first-order valence-corrected chi connectivity index (χ1v) is 15.3. The van der Waals surface area contributed by atoms with Gasteiger partial charge in [-0.25, -0.2) is 9.97 Å². The fourth-order valence-electron chi connectivity index (χ4n) is 5.61. The number of thiophene rings is 1. The van der Waals surface area contributed by atoms with E-state index in [4.69, 9.17) is 0 Å². The summed E-state index contributed by atoms with van der Waals surface area (Å²) in [5.74, 6) is 1.45. The molecule has 0 saturated heterocycles. The Morgan fingerprint density at radius 1 is 0.975 bits per heavy atom. The van der Waals surface area contributed by atoms with Gasteiger partial charge in [-0.2, -0.15) is 0 Å². The van der Waals surface area contributed by atoms with Crippen LogP contribution in [0.25, 0.3) is 0 Å². The number of hydrogen-bond acceptors (Lipinski definition) is 6. The summed E-state index contributed by atoms with van der Waals surface area (Å²) in [6, 6.07) is 11.5. The number of nitrogens with one attached hydrogen (secondary N) is 3. The standard InChI is InChI=1S/C31H41N7OS/c1-3-17-37(20-28-23(2)12-18-40-28)27-10-8-26(9-11-27)36-19-24-4-6-25(7-5-24)31(39)38(21-29-32-13-14-33-29)22-30-34-15-16-35-30/h4-7,12-16,18,26-27,36H,3,8-11,17,19-22H2,1-2H3,(H,32,33)(H,34,35). The lowest BCUT2D eigenvalue weighted by molar-refractivity contribution is 0.0721. The molecular formula is C31H41N7OS. The average molecular weight is 560 g/mol. The van der Waals surface area contributed by atoms with Crippen molar-refractivity contribution in [3.63, 3.8) is 0 Å². The highest BCUT2D eigenvalue weighted by Gasteiger charge is 2.26. The van der Waals surface area contributed by atoms with Crippen LogP contribution in [-0.4, -0.2) is 54.3 Å². The van der Waals surface area contributed by atoms with Gasteiger partial charge in [-0.1, -0.05) is 19.1 Å². The molecule has 0 aliphatic heterocycles. The minimum atomic E-state index is -0.0417. The van der Waals surface area contributed by atoms with E-state index in [0.29, 0.717) is 30.7 Å². The molecule has 4 aromatic rings. The number of aryl methyl sites for hydroxylation is 1. The average Bonchev–Trinajstić information content (AvgIpc) is 3.77. The van der Waals surface area contributed by atoms with Crippen LogP contribution >= 0.6 is 11.3 Å². The van der Waals surface area contributed by atoms with Crippen LogP contribution in [0.15, 0.2) is 60.5 Å². The molecule has 1 fully saturated rings. The van der Waals surface area contributed by atoms with Crippen molar-refractivity contribution >= 4 is 17.2 Å². The summed E-state index contributed by atoms with van der Waals surface area (Å²) >= 11 is 1.89. The van der Waals surface area contributed by atoms with Gasteiger partial charge in [-0.05, 0) is 80.3 Å². The van der Waals surface area contributed by atoms with Crippen LogP contribution in [0, 0.1) is 6.92 Å². The molecule has 0 radical (unpaired) electrons. The summed E-state index contributed by atoms with van der Waals surface area (Å²) in [6.45, 7) is 8.38. The van der Waals surface area contributed by atoms with E-state index in [-0.39, 0.29) is 5.91 Å². The topological polar surface area (TPSA) is 92.9 Å². The predicted molar refractivity (Wildman–Crippen MR) is 160 cm³/mol. The molecule has 0 bridgehead atoms. The highest BCUT2D eigenvalue weighted by atomic mass is 32.1. The molecule has 212 valence electrons. The number of aromatic amines is 2. The van der Waals surface area contributed by atoms with Crippen molar-refractivity contribution in [3.8, 4) is 0 Å². The number of hydrogen-bond donors (Lipinski definition) is 3. The molecule has 1 aliphatic carbocycles. The molecule has 1 aromatic carbocycles. The van der Waals surface area contributed by atoms with Gasteiger partial charge in [-0.3, -0.25) is 9.69 Å². The molecular weight excluding hydrogens is 518 g/mol. The summed E-state index contributed by atoms with van der Waals surface area (Å²) in [6.07, 6.45) is 13.0. The second kappa shape index (κ2) is 13.9. The molecule has 40 heavy (non-hydrogen) atoms. The number of benzene rings is 1. The predicted octanol–water partition coefficient (Wildman–Crippen LogP) is 5.66. The van der Waals surface area contributed by atoms with Gasteiger partial charge in [0, 0.05) is 60.4 Å². The monoisotopic (exact) mass is 559 g/mol. The molecule has 1 amide bonds. The SMILES string of the molecule is CCCN(Cc1sccc1C)C1CCC(NCc2ccc(C(=O)N(Cc3ncc[nH]3)Cc3ncc[nH]3)cc2)CC1. The summed E-state index contributed by atoms with van der Waals surface area (Å²) in [4.78, 5) is 34.1. The minimum Gasteiger partial charge on any atom is -0.347 e. The molecule has 1 aliphatic rings. The third-order valence-corrected chi connectivity index (χ3v) is 8.92. The number of imidazole rings is 2. The fourth-order valence-corrected chi connectivity index (χ4v) is 6.54. The number of rotatable bonds is 13. The second-order valence-corrected chi connectivity index (χ2v) is 11.8. The summed E-state index contributed by atoms with van der Waals surface area (Å²) in [7, 11) is 0. The Hall–Kier alpha value is -3.27. The van der Waals surface area contributed by atoms with E-state index in [9.17, 15) is 4.79 Å². The van der Waals surface area contributed by atoms with Gasteiger partial charge < -0.3 is 20.2 Å². The summed E-state index contributed by atoms with van der Waals surface area (Å²) < 4.78 is 0. The highest BCUT2D eigenvalue weighted by Crippen LogP contribution is 2.27. The van der Waals surface area contributed by atoms with Crippen LogP contribution in [0.4, 0.5) is 0 Å². The van der Waals surface area contributed by atoms with Gasteiger partial charge in [0.2, 0.25) is 0 Å². The first kappa shape index (κ1) is 28.3. The van der Waals surface area contributed by atoms with E-state index in [2.05, 4.69) is 67.6 Å². The number of amides is 1. The van der Waals surface area contributed by atoms with Crippen LogP contribution in [0.3, 0.4) is 0 Å².